The number of nitrogens with one attached hydrogen (secondary N) is 3. The van der Waals surface area contributed by atoms with E-state index in [0.29, 0.717) is 58.9 Å². The van der Waals surface area contributed by atoms with Crippen molar-refractivity contribution >= 4 is 73.9 Å². The first kappa shape index (κ1) is 47.6. The number of anilines is 6. The van der Waals surface area contributed by atoms with Crippen LogP contribution >= 0.6 is 11.6 Å². The van der Waals surface area contributed by atoms with Crippen molar-refractivity contribution < 1.29 is 37.0 Å². The smallest absolute Gasteiger partial charge is 0.255 e. The Morgan fingerprint density at radius 3 is 2.39 bits per heavy atom. The topological polar surface area (TPSA) is 191 Å². The van der Waals surface area contributed by atoms with E-state index >= 15 is 0 Å². The molecular weight excluding hydrogens is 900 g/mol. The van der Waals surface area contributed by atoms with Crippen LogP contribution in [0.4, 0.5) is 34.5 Å². The first-order valence-electron chi connectivity index (χ1n) is 22.7. The molecule has 358 valence electrons. The van der Waals surface area contributed by atoms with Crippen molar-refractivity contribution in [1.82, 2.24) is 30.0 Å². The zero-order valence-electron chi connectivity index (χ0n) is 38.8. The van der Waals surface area contributed by atoms with Gasteiger partial charge in [0.15, 0.2) is 5.82 Å². The van der Waals surface area contributed by atoms with E-state index in [0.717, 1.165) is 85.9 Å². The quantitative estimate of drug-likeness (QED) is 0.121. The number of fused-ring (bicyclic) bond motifs is 1. The van der Waals surface area contributed by atoms with Gasteiger partial charge in [0.05, 0.1) is 50.3 Å². The van der Waals surface area contributed by atoms with Crippen LogP contribution in [-0.4, -0.2) is 142 Å². The molecule has 18 nitrogen and oxygen atoms in total. The molecule has 20 heteroatoms. The number of amides is 3. The van der Waals surface area contributed by atoms with Gasteiger partial charge in [0.25, 0.3) is 5.91 Å². The highest BCUT2D eigenvalue weighted by Crippen LogP contribution is 2.39. The number of hydrogen-bond acceptors (Lipinski definition) is 15. The molecule has 5 heterocycles. The highest BCUT2D eigenvalue weighted by molar-refractivity contribution is 7.92. The number of benzene rings is 3. The molecule has 0 radical (unpaired) electrons. The molecular formula is C47H59ClN10O8S. The van der Waals surface area contributed by atoms with Gasteiger partial charge in [-0.15, -0.1) is 0 Å². The van der Waals surface area contributed by atoms with E-state index in [4.69, 9.17) is 25.8 Å². The van der Waals surface area contributed by atoms with Gasteiger partial charge in [-0.3, -0.25) is 33.8 Å². The highest BCUT2D eigenvalue weighted by Gasteiger charge is 2.40. The lowest BCUT2D eigenvalue weighted by atomic mass is 9.99. The Balaban J connectivity index is 0.850. The van der Waals surface area contributed by atoms with Crippen LogP contribution in [0.15, 0.2) is 54.7 Å². The van der Waals surface area contributed by atoms with E-state index in [2.05, 4.69) is 66.6 Å². The Morgan fingerprint density at radius 2 is 1.70 bits per heavy atom. The number of sulfonamides is 1. The number of rotatable bonds is 16. The minimum atomic E-state index is -3.59. The number of ether oxygens (including phenoxy) is 3. The summed E-state index contributed by atoms with van der Waals surface area (Å²) in [4.78, 5) is 55.8. The maximum Gasteiger partial charge on any atom is 0.255 e. The third-order valence-corrected chi connectivity index (χ3v) is 14.8. The molecule has 4 aromatic rings. The Hall–Kier alpha value is -5.89. The maximum atomic E-state index is 13.3. The van der Waals surface area contributed by atoms with Crippen molar-refractivity contribution in [3.63, 3.8) is 0 Å². The SMILES string of the molecule is CCc1cc(Nc2ncc(Cl)c(Nc3ccc(OC)cc3N(C)S(C)(=O)=O)n2)c(OC)cc1N1CCC(N2CCN([C@@H](C)COc3cccc4c3CN(C3CCC(=O)NC3=O)C4=O)CC2)CC1. The zero-order chi connectivity index (χ0) is 47.6. The number of carbonyl (C=O) groups is 3. The van der Waals surface area contributed by atoms with Gasteiger partial charge in [-0.1, -0.05) is 24.6 Å². The number of hydrogen-bond donors (Lipinski definition) is 3. The van der Waals surface area contributed by atoms with Gasteiger partial charge >= 0.3 is 0 Å². The Labute approximate surface area is 396 Å². The molecule has 1 aromatic heterocycles. The van der Waals surface area contributed by atoms with Gasteiger partial charge in [0.2, 0.25) is 27.8 Å². The van der Waals surface area contributed by atoms with Crippen LogP contribution in [0.2, 0.25) is 5.02 Å². The predicted octanol–water partition coefficient (Wildman–Crippen LogP) is 5.41. The highest BCUT2D eigenvalue weighted by atomic mass is 35.5. The Kier molecular flexibility index (Phi) is 14.3. The molecule has 0 saturated carbocycles. The number of aromatic nitrogens is 2. The summed E-state index contributed by atoms with van der Waals surface area (Å²) < 4.78 is 43.8. The first-order chi connectivity index (χ1) is 32.1. The van der Waals surface area contributed by atoms with Gasteiger partial charge in [-0.2, -0.15) is 4.98 Å². The minimum absolute atomic E-state index is 0.164. The molecule has 2 atom stereocenters. The van der Waals surface area contributed by atoms with Gasteiger partial charge in [-0.05, 0) is 68.5 Å². The lowest BCUT2D eigenvalue weighted by Crippen LogP contribution is -2.55. The number of aryl methyl sites for hydroxylation is 1. The maximum absolute atomic E-state index is 13.3. The molecule has 0 spiro atoms. The molecule has 4 aliphatic rings. The summed E-state index contributed by atoms with van der Waals surface area (Å²) in [5, 5.41) is 9.11. The molecule has 8 rings (SSSR count). The van der Waals surface area contributed by atoms with Gasteiger partial charge in [0.1, 0.15) is 34.9 Å². The van der Waals surface area contributed by atoms with E-state index in [9.17, 15) is 22.8 Å². The molecule has 3 amide bonds. The summed E-state index contributed by atoms with van der Waals surface area (Å²) in [6, 6.07) is 14.7. The van der Waals surface area contributed by atoms with Gasteiger partial charge < -0.3 is 34.6 Å². The Bertz CT molecular complexity index is 2620. The summed E-state index contributed by atoms with van der Waals surface area (Å²) in [7, 11) is 1.02. The number of imide groups is 1. The third kappa shape index (κ3) is 10.3. The zero-order valence-corrected chi connectivity index (χ0v) is 40.4. The van der Waals surface area contributed by atoms with Gasteiger partial charge in [0, 0.05) is 93.8 Å². The number of halogens is 1. The molecule has 4 aliphatic heterocycles. The normalized spacial score (nSPS) is 18.9. The third-order valence-electron chi connectivity index (χ3n) is 13.4. The molecule has 67 heavy (non-hydrogen) atoms. The van der Waals surface area contributed by atoms with E-state index < -0.39 is 22.0 Å². The second-order valence-corrected chi connectivity index (χ2v) is 19.8. The molecule has 0 bridgehead atoms. The monoisotopic (exact) mass is 958 g/mol. The molecule has 3 saturated heterocycles. The summed E-state index contributed by atoms with van der Waals surface area (Å²) >= 11 is 6.56. The van der Waals surface area contributed by atoms with E-state index in [1.807, 2.05) is 12.1 Å². The Morgan fingerprint density at radius 1 is 0.940 bits per heavy atom. The fraction of sp³-hybridized carbons (Fsp3) is 0.468. The number of carbonyl (C=O) groups excluding carboxylic acids is 3. The summed E-state index contributed by atoms with van der Waals surface area (Å²) in [6.45, 7) is 10.7. The number of nitrogens with zero attached hydrogens (tertiary/aromatic N) is 7. The molecule has 1 unspecified atom stereocenters. The van der Waals surface area contributed by atoms with E-state index in [-0.39, 0.29) is 47.6 Å². The van der Waals surface area contributed by atoms with Crippen LogP contribution in [0.5, 0.6) is 17.2 Å². The van der Waals surface area contributed by atoms with Crippen LogP contribution in [0, 0.1) is 0 Å². The average molecular weight is 960 g/mol. The van der Waals surface area contributed by atoms with Crippen LogP contribution in [0.25, 0.3) is 0 Å². The second-order valence-electron chi connectivity index (χ2n) is 17.4. The van der Waals surface area contributed by atoms with Crippen molar-refractivity contribution in [1.29, 1.82) is 0 Å². The standard InChI is InChI=1S/C47H59ClN10O8S/c1-7-30-23-37(51-47-49-26-35(48)44(53-47)50-36-12-11-32(64-4)24-40(36)54(3)67(6,62)63)42(65-5)25-39(30)57-17-15-31(16-18-57)56-21-19-55(20-22-56)29(2)28-66-41-10-8-9-33-34(41)27-58(46(33)61)38-13-14-43(59)52-45(38)60/h8-12,23-26,29,31,38H,7,13-22,27-28H2,1-6H3,(H,52,59,60)(H2,49,50,51,53)/t29-,38?/m0/s1. The summed E-state index contributed by atoms with van der Waals surface area (Å²) in [6.07, 6.45) is 6.02. The van der Waals surface area contributed by atoms with Crippen molar-refractivity contribution in [2.45, 2.75) is 70.6 Å². The fourth-order valence-corrected chi connectivity index (χ4v) is 10.1. The minimum Gasteiger partial charge on any atom is -0.497 e. The van der Waals surface area contributed by atoms with E-state index in [1.165, 1.54) is 20.4 Å². The van der Waals surface area contributed by atoms with Crippen LogP contribution < -0.4 is 39.4 Å². The summed E-state index contributed by atoms with van der Waals surface area (Å²) in [5.74, 6) is 1.40. The van der Waals surface area contributed by atoms with Gasteiger partial charge in [-0.25, -0.2) is 13.4 Å². The van der Waals surface area contributed by atoms with E-state index in [1.54, 1.807) is 36.3 Å². The number of piperazine rings is 1. The predicted molar refractivity (Wildman–Crippen MR) is 258 cm³/mol. The molecule has 3 fully saturated rings. The van der Waals surface area contributed by atoms with Crippen molar-refractivity contribution in [2.24, 2.45) is 0 Å². The largest absolute Gasteiger partial charge is 0.497 e. The average Bonchev–Trinajstić information content (AvgIpc) is 3.67. The van der Waals surface area contributed by atoms with Crippen LogP contribution in [-0.2, 0) is 32.6 Å². The van der Waals surface area contributed by atoms with Crippen molar-refractivity contribution in [3.05, 3.63) is 76.4 Å². The number of methoxy groups -OCH3 is 2. The number of piperidine rings is 2. The van der Waals surface area contributed by atoms with Crippen LogP contribution in [0.1, 0.15) is 61.0 Å². The second kappa shape index (κ2) is 20.1. The lowest BCUT2D eigenvalue weighted by molar-refractivity contribution is -0.136. The molecule has 0 aliphatic carbocycles. The van der Waals surface area contributed by atoms with Crippen molar-refractivity contribution in [3.8, 4) is 17.2 Å². The fourth-order valence-electron chi connectivity index (χ4n) is 9.43. The lowest BCUT2D eigenvalue weighted by Gasteiger charge is -2.44. The molecule has 3 aromatic carbocycles. The van der Waals surface area contributed by atoms with Crippen molar-refractivity contribution in [2.75, 3.05) is 93.2 Å². The first-order valence-corrected chi connectivity index (χ1v) is 24.9. The van der Waals surface area contributed by atoms with Crippen LogP contribution in [0.3, 0.4) is 0 Å². The molecule has 3 N–H and O–H groups in total. The summed E-state index contributed by atoms with van der Waals surface area (Å²) in [5.41, 5.74) is 5.14.